The third-order valence-electron chi connectivity index (χ3n) is 4.99. The van der Waals surface area contributed by atoms with Crippen LogP contribution in [0.2, 0.25) is 0 Å². The summed E-state index contributed by atoms with van der Waals surface area (Å²) in [5.41, 5.74) is 0.451. The smallest absolute Gasteiger partial charge is 0.338 e. The number of benzene rings is 2. The van der Waals surface area contributed by atoms with Gasteiger partial charge in [0, 0.05) is 0 Å². The molecule has 0 spiro atoms. The number of hydrogen-bond acceptors (Lipinski definition) is 8. The molecule has 0 bridgehead atoms. The Hall–Kier alpha value is -3.42. The van der Waals surface area contributed by atoms with Crippen LogP contribution in [0.1, 0.15) is 46.4 Å². The van der Waals surface area contributed by atoms with Crippen molar-refractivity contribution in [2.75, 3.05) is 14.2 Å². The molecule has 1 fully saturated rings. The highest BCUT2D eigenvalue weighted by molar-refractivity contribution is 5.91. The molecule has 0 radical (unpaired) electrons. The summed E-state index contributed by atoms with van der Waals surface area (Å²) in [5.74, 6) is -1.01. The summed E-state index contributed by atoms with van der Waals surface area (Å²) < 4.78 is 21.3. The van der Waals surface area contributed by atoms with Crippen LogP contribution in [0.4, 0.5) is 0 Å². The molecule has 30 heavy (non-hydrogen) atoms. The first-order valence-electron chi connectivity index (χ1n) is 9.59. The number of phenolic OH excluding ortho intramolecular Hbond substituents is 2. The van der Waals surface area contributed by atoms with Crippen LogP contribution in [0.15, 0.2) is 36.4 Å². The molecule has 0 heterocycles. The highest BCUT2D eigenvalue weighted by Crippen LogP contribution is 2.30. The Balaban J connectivity index is 1.70. The minimum Gasteiger partial charge on any atom is -0.504 e. The second kappa shape index (κ2) is 9.39. The average Bonchev–Trinajstić information content (AvgIpc) is 2.75. The summed E-state index contributed by atoms with van der Waals surface area (Å²) in [6.45, 7) is 0. The van der Waals surface area contributed by atoms with E-state index < -0.39 is 24.1 Å². The summed E-state index contributed by atoms with van der Waals surface area (Å²) in [4.78, 5) is 25.1. The molecule has 1 saturated carbocycles. The lowest BCUT2D eigenvalue weighted by Crippen LogP contribution is -2.37. The van der Waals surface area contributed by atoms with Gasteiger partial charge in [0.1, 0.15) is 12.2 Å². The van der Waals surface area contributed by atoms with E-state index in [4.69, 9.17) is 18.9 Å². The molecule has 0 saturated heterocycles. The Morgan fingerprint density at radius 1 is 0.767 bits per heavy atom. The van der Waals surface area contributed by atoms with Crippen molar-refractivity contribution in [3.8, 4) is 23.0 Å². The average molecular weight is 416 g/mol. The lowest BCUT2D eigenvalue weighted by molar-refractivity contribution is -0.0514. The number of carbonyl (C=O) groups is 2. The van der Waals surface area contributed by atoms with Gasteiger partial charge in [0.15, 0.2) is 23.0 Å². The zero-order valence-electron chi connectivity index (χ0n) is 16.8. The molecule has 3 rings (SSSR count). The molecule has 0 aromatic heterocycles. The number of ether oxygens (including phenoxy) is 4. The van der Waals surface area contributed by atoms with Gasteiger partial charge in [-0.3, -0.25) is 0 Å². The van der Waals surface area contributed by atoms with Gasteiger partial charge in [-0.15, -0.1) is 0 Å². The zero-order valence-corrected chi connectivity index (χ0v) is 16.8. The molecular formula is C22H24O8. The summed E-state index contributed by atoms with van der Waals surface area (Å²) >= 11 is 0. The fraction of sp³-hybridized carbons (Fsp3) is 0.364. The molecular weight excluding hydrogens is 392 g/mol. The lowest BCUT2D eigenvalue weighted by Gasteiger charge is -2.30. The molecule has 8 nitrogen and oxygen atoms in total. The predicted molar refractivity (Wildman–Crippen MR) is 106 cm³/mol. The second-order valence-corrected chi connectivity index (χ2v) is 6.95. The fourth-order valence-electron chi connectivity index (χ4n) is 3.35. The maximum Gasteiger partial charge on any atom is 0.338 e. The van der Waals surface area contributed by atoms with Gasteiger partial charge < -0.3 is 29.2 Å². The topological polar surface area (TPSA) is 112 Å². The van der Waals surface area contributed by atoms with Gasteiger partial charge in [-0.2, -0.15) is 0 Å². The van der Waals surface area contributed by atoms with Crippen LogP contribution in [-0.2, 0) is 9.47 Å². The van der Waals surface area contributed by atoms with Crippen molar-refractivity contribution in [2.24, 2.45) is 0 Å². The number of esters is 2. The first-order valence-corrected chi connectivity index (χ1v) is 9.59. The first kappa shape index (κ1) is 21.3. The Morgan fingerprint density at radius 3 is 1.53 bits per heavy atom. The highest BCUT2D eigenvalue weighted by atomic mass is 16.6. The summed E-state index contributed by atoms with van der Waals surface area (Å²) in [7, 11) is 2.78. The Morgan fingerprint density at radius 2 is 1.17 bits per heavy atom. The second-order valence-electron chi connectivity index (χ2n) is 6.95. The molecule has 2 atom stereocenters. The summed E-state index contributed by atoms with van der Waals surface area (Å²) in [6, 6.07) is 8.37. The summed E-state index contributed by atoms with van der Waals surface area (Å²) in [5, 5.41) is 19.4. The van der Waals surface area contributed by atoms with Crippen molar-refractivity contribution in [3.05, 3.63) is 47.5 Å². The monoisotopic (exact) mass is 416 g/mol. The van der Waals surface area contributed by atoms with Gasteiger partial charge in [-0.05, 0) is 62.1 Å². The van der Waals surface area contributed by atoms with E-state index in [9.17, 15) is 19.8 Å². The molecule has 1 aliphatic carbocycles. The number of rotatable bonds is 6. The van der Waals surface area contributed by atoms with Crippen LogP contribution < -0.4 is 9.47 Å². The van der Waals surface area contributed by atoms with E-state index in [1.54, 1.807) is 0 Å². The minimum absolute atomic E-state index is 0.0807. The van der Waals surface area contributed by atoms with E-state index in [0.29, 0.717) is 12.8 Å². The molecule has 160 valence electrons. The van der Waals surface area contributed by atoms with Crippen molar-refractivity contribution >= 4 is 11.9 Å². The van der Waals surface area contributed by atoms with Gasteiger partial charge in [0.25, 0.3) is 0 Å². The van der Waals surface area contributed by atoms with E-state index in [1.165, 1.54) is 50.6 Å². The Labute approximate surface area is 173 Å². The van der Waals surface area contributed by atoms with Gasteiger partial charge in [-0.25, -0.2) is 9.59 Å². The molecule has 2 aromatic rings. The molecule has 8 heteroatoms. The van der Waals surface area contributed by atoms with Crippen LogP contribution in [-0.4, -0.2) is 48.6 Å². The zero-order chi connectivity index (χ0) is 21.7. The van der Waals surface area contributed by atoms with Crippen molar-refractivity contribution in [1.82, 2.24) is 0 Å². The van der Waals surface area contributed by atoms with E-state index in [1.807, 2.05) is 0 Å². The molecule has 0 amide bonds. The fourth-order valence-corrected chi connectivity index (χ4v) is 3.35. The Kier molecular flexibility index (Phi) is 6.66. The quantitative estimate of drug-likeness (QED) is 0.689. The number of hydrogen-bond donors (Lipinski definition) is 2. The normalized spacial score (nSPS) is 18.3. The standard InChI is InChI=1S/C22H24O8/c1-27-19-11-13(7-9-15(19)23)21(25)29-17-5-3-4-6-18(17)30-22(26)14-8-10-16(24)20(12-14)28-2/h7-12,17-18,23-24H,3-6H2,1-2H3. The molecule has 2 N–H and O–H groups in total. The summed E-state index contributed by atoms with van der Waals surface area (Å²) in [6.07, 6.45) is 1.65. The van der Waals surface area contributed by atoms with Crippen LogP contribution in [0.3, 0.4) is 0 Å². The van der Waals surface area contributed by atoms with Gasteiger partial charge in [-0.1, -0.05) is 0 Å². The van der Waals surface area contributed by atoms with Crippen molar-refractivity contribution in [3.63, 3.8) is 0 Å². The van der Waals surface area contributed by atoms with Crippen LogP contribution >= 0.6 is 0 Å². The molecule has 2 aromatic carbocycles. The first-order chi connectivity index (χ1) is 14.4. The van der Waals surface area contributed by atoms with E-state index >= 15 is 0 Å². The highest BCUT2D eigenvalue weighted by Gasteiger charge is 2.32. The van der Waals surface area contributed by atoms with Gasteiger partial charge in [0.05, 0.1) is 25.3 Å². The molecule has 1 aliphatic rings. The predicted octanol–water partition coefficient (Wildman–Crippen LogP) is 3.44. The number of carbonyl (C=O) groups excluding carboxylic acids is 2. The maximum atomic E-state index is 12.6. The van der Waals surface area contributed by atoms with Crippen LogP contribution in [0, 0.1) is 0 Å². The van der Waals surface area contributed by atoms with Crippen LogP contribution in [0.25, 0.3) is 0 Å². The minimum atomic E-state index is -0.590. The van der Waals surface area contributed by atoms with E-state index in [2.05, 4.69) is 0 Å². The number of phenols is 2. The third kappa shape index (κ3) is 4.76. The third-order valence-corrected chi connectivity index (χ3v) is 4.99. The maximum absolute atomic E-state index is 12.6. The van der Waals surface area contributed by atoms with E-state index in [0.717, 1.165) is 12.8 Å². The van der Waals surface area contributed by atoms with E-state index in [-0.39, 0.29) is 34.1 Å². The molecule has 2 unspecified atom stereocenters. The Bertz CT molecular complexity index is 848. The van der Waals surface area contributed by atoms with Gasteiger partial charge in [0.2, 0.25) is 0 Å². The number of methoxy groups -OCH3 is 2. The van der Waals surface area contributed by atoms with Crippen molar-refractivity contribution in [1.29, 1.82) is 0 Å². The SMILES string of the molecule is COc1cc(C(=O)OC2CCCCC2OC(=O)c2ccc(O)c(OC)c2)ccc1O. The van der Waals surface area contributed by atoms with Crippen molar-refractivity contribution < 1.29 is 38.7 Å². The van der Waals surface area contributed by atoms with Crippen LogP contribution in [0.5, 0.6) is 23.0 Å². The van der Waals surface area contributed by atoms with Gasteiger partial charge >= 0.3 is 11.9 Å². The lowest BCUT2D eigenvalue weighted by atomic mass is 9.94. The largest absolute Gasteiger partial charge is 0.504 e. The molecule has 0 aliphatic heterocycles. The van der Waals surface area contributed by atoms with Crippen molar-refractivity contribution in [2.45, 2.75) is 37.9 Å². The number of aromatic hydroxyl groups is 2.